The number of methoxy groups -OCH3 is 1. The van der Waals surface area contributed by atoms with Gasteiger partial charge in [-0.2, -0.15) is 0 Å². The van der Waals surface area contributed by atoms with E-state index in [9.17, 15) is 0 Å². The highest BCUT2D eigenvalue weighted by atomic mass is 79.9. The summed E-state index contributed by atoms with van der Waals surface area (Å²) in [6.07, 6.45) is 0.943. The van der Waals surface area contributed by atoms with Crippen LogP contribution >= 0.6 is 31.9 Å². The van der Waals surface area contributed by atoms with Crippen molar-refractivity contribution in [2.45, 2.75) is 25.7 Å². The highest BCUT2D eigenvalue weighted by Gasteiger charge is 2.35. The lowest BCUT2D eigenvalue weighted by atomic mass is 9.72. The van der Waals surface area contributed by atoms with Gasteiger partial charge in [-0.1, -0.05) is 35.8 Å². The Kier molecular flexibility index (Phi) is 3.40. The molecule has 23 heavy (non-hydrogen) atoms. The normalized spacial score (nSPS) is 15.3. The van der Waals surface area contributed by atoms with Crippen molar-refractivity contribution in [2.24, 2.45) is 0 Å². The van der Waals surface area contributed by atoms with E-state index < -0.39 is 0 Å². The number of aromatic nitrogens is 1. The predicted octanol–water partition coefficient (Wildman–Crippen LogP) is 5.93. The summed E-state index contributed by atoms with van der Waals surface area (Å²) in [7, 11) is 1.72. The molecule has 0 saturated carbocycles. The van der Waals surface area contributed by atoms with E-state index in [2.05, 4.69) is 81.0 Å². The first-order chi connectivity index (χ1) is 10.9. The number of H-pyrrole nitrogens is 1. The van der Waals surface area contributed by atoms with Gasteiger partial charge >= 0.3 is 0 Å². The van der Waals surface area contributed by atoms with Crippen molar-refractivity contribution in [3.8, 4) is 5.75 Å². The number of halogens is 2. The lowest BCUT2D eigenvalue weighted by Gasteiger charge is -2.33. The number of ether oxygens (including phenoxy) is 1. The fraction of sp³-hybridized carbons (Fsp3) is 0.263. The molecule has 2 aromatic carbocycles. The van der Waals surface area contributed by atoms with Gasteiger partial charge in [-0.05, 0) is 56.9 Å². The van der Waals surface area contributed by atoms with Gasteiger partial charge in [0.15, 0.2) is 0 Å². The number of rotatable bonds is 1. The highest BCUT2D eigenvalue weighted by Crippen LogP contribution is 2.46. The Hall–Kier alpha value is -1.26. The van der Waals surface area contributed by atoms with E-state index in [1.807, 2.05) is 0 Å². The third-order valence-corrected chi connectivity index (χ3v) is 6.02. The summed E-state index contributed by atoms with van der Waals surface area (Å²) < 4.78 is 7.62. The van der Waals surface area contributed by atoms with E-state index in [4.69, 9.17) is 4.74 Å². The summed E-state index contributed by atoms with van der Waals surface area (Å²) in [6, 6.07) is 10.8. The number of aromatic amines is 1. The predicted molar refractivity (Wildman–Crippen MR) is 102 cm³/mol. The second-order valence-corrected chi connectivity index (χ2v) is 8.38. The van der Waals surface area contributed by atoms with E-state index in [0.717, 1.165) is 21.1 Å². The minimum Gasteiger partial charge on any atom is -0.496 e. The number of benzene rings is 2. The van der Waals surface area contributed by atoms with Crippen molar-refractivity contribution < 1.29 is 4.74 Å². The van der Waals surface area contributed by atoms with E-state index in [-0.39, 0.29) is 5.41 Å². The molecule has 0 fully saturated rings. The van der Waals surface area contributed by atoms with Crippen molar-refractivity contribution >= 4 is 42.8 Å². The van der Waals surface area contributed by atoms with Gasteiger partial charge in [0.05, 0.1) is 11.6 Å². The topological polar surface area (TPSA) is 25.0 Å². The van der Waals surface area contributed by atoms with Gasteiger partial charge in [0.1, 0.15) is 5.75 Å². The van der Waals surface area contributed by atoms with E-state index in [0.29, 0.717) is 0 Å². The molecule has 0 spiro atoms. The maximum atomic E-state index is 5.50. The Balaban J connectivity index is 2.00. The molecule has 1 aliphatic carbocycles. The second-order valence-electron chi connectivity index (χ2n) is 6.61. The minimum absolute atomic E-state index is 0.0810. The number of hydrogen-bond donors (Lipinski definition) is 1. The molecule has 1 N–H and O–H groups in total. The standard InChI is InChI=1S/C19H17Br2NO/c1-19(2)14-9-17(23-3)15(21)7-10(14)6-13-12-5-4-11(20)8-16(12)22-18(13)19/h4-5,7-9,22H,6H2,1-3H3. The first kappa shape index (κ1) is 15.3. The Morgan fingerprint density at radius 3 is 2.65 bits per heavy atom. The molecule has 0 saturated heterocycles. The molecule has 1 aliphatic rings. The first-order valence-electron chi connectivity index (χ1n) is 7.59. The summed E-state index contributed by atoms with van der Waals surface area (Å²) >= 11 is 7.19. The molecular weight excluding hydrogens is 418 g/mol. The lowest BCUT2D eigenvalue weighted by Crippen LogP contribution is -2.27. The molecule has 0 aliphatic heterocycles. The fourth-order valence-corrected chi connectivity index (χ4v) is 4.66. The Labute approximate surface area is 152 Å². The zero-order valence-electron chi connectivity index (χ0n) is 13.3. The fourth-order valence-electron chi connectivity index (χ4n) is 3.75. The average molecular weight is 435 g/mol. The molecular formula is C19H17Br2NO. The third kappa shape index (κ3) is 2.18. The quantitative estimate of drug-likeness (QED) is 0.504. The molecule has 0 bridgehead atoms. The van der Waals surface area contributed by atoms with E-state index in [1.54, 1.807) is 7.11 Å². The Morgan fingerprint density at radius 2 is 1.91 bits per heavy atom. The van der Waals surface area contributed by atoms with Crippen LogP contribution in [0.3, 0.4) is 0 Å². The number of nitrogens with one attached hydrogen (secondary N) is 1. The van der Waals surface area contributed by atoms with Crippen molar-refractivity contribution in [2.75, 3.05) is 7.11 Å². The molecule has 3 aromatic rings. The summed E-state index contributed by atoms with van der Waals surface area (Å²) in [5.41, 5.74) is 6.51. The maximum Gasteiger partial charge on any atom is 0.133 e. The smallest absolute Gasteiger partial charge is 0.133 e. The van der Waals surface area contributed by atoms with Crippen LogP contribution in [0.5, 0.6) is 5.75 Å². The third-order valence-electron chi connectivity index (χ3n) is 4.91. The Bertz CT molecular complexity index is 940. The largest absolute Gasteiger partial charge is 0.496 e. The maximum absolute atomic E-state index is 5.50. The summed E-state index contributed by atoms with van der Waals surface area (Å²) in [4.78, 5) is 3.66. The molecule has 1 aromatic heterocycles. The van der Waals surface area contributed by atoms with Crippen molar-refractivity contribution in [1.82, 2.24) is 4.98 Å². The summed E-state index contributed by atoms with van der Waals surface area (Å²) in [5, 5.41) is 1.31. The Morgan fingerprint density at radius 1 is 1.13 bits per heavy atom. The van der Waals surface area contributed by atoms with Crippen LogP contribution in [0.25, 0.3) is 10.9 Å². The van der Waals surface area contributed by atoms with Crippen molar-refractivity contribution in [3.05, 3.63) is 61.7 Å². The molecule has 4 rings (SSSR count). The molecule has 1 heterocycles. The highest BCUT2D eigenvalue weighted by molar-refractivity contribution is 9.10. The number of hydrogen-bond acceptors (Lipinski definition) is 1. The van der Waals surface area contributed by atoms with E-state index in [1.165, 1.54) is 33.3 Å². The molecule has 0 atom stereocenters. The van der Waals surface area contributed by atoms with Crippen LogP contribution in [0.2, 0.25) is 0 Å². The second kappa shape index (κ2) is 5.12. The zero-order valence-corrected chi connectivity index (χ0v) is 16.4. The average Bonchev–Trinajstić information content (AvgIpc) is 2.85. The van der Waals surface area contributed by atoms with Crippen LogP contribution in [-0.2, 0) is 11.8 Å². The van der Waals surface area contributed by atoms with Gasteiger partial charge < -0.3 is 9.72 Å². The van der Waals surface area contributed by atoms with Gasteiger partial charge in [0.2, 0.25) is 0 Å². The van der Waals surface area contributed by atoms with Crippen molar-refractivity contribution in [1.29, 1.82) is 0 Å². The molecule has 0 unspecified atom stereocenters. The van der Waals surface area contributed by atoms with Crippen molar-refractivity contribution in [3.63, 3.8) is 0 Å². The van der Waals surface area contributed by atoms with Gasteiger partial charge in [0, 0.05) is 32.9 Å². The van der Waals surface area contributed by atoms with Gasteiger partial charge in [0.25, 0.3) is 0 Å². The van der Waals surface area contributed by atoms with Crippen LogP contribution in [-0.4, -0.2) is 12.1 Å². The van der Waals surface area contributed by atoms with Crippen LogP contribution in [0, 0.1) is 0 Å². The van der Waals surface area contributed by atoms with Crippen LogP contribution in [0.4, 0.5) is 0 Å². The molecule has 2 nitrogen and oxygen atoms in total. The molecule has 118 valence electrons. The molecule has 4 heteroatoms. The first-order valence-corrected chi connectivity index (χ1v) is 9.18. The zero-order chi connectivity index (χ0) is 16.4. The molecule has 0 radical (unpaired) electrons. The van der Waals surface area contributed by atoms with Crippen LogP contribution in [0.1, 0.15) is 36.2 Å². The minimum atomic E-state index is -0.0810. The SMILES string of the molecule is COc1cc2c(cc1Br)Cc1c([nH]c3cc(Br)ccc13)C2(C)C. The lowest BCUT2D eigenvalue weighted by molar-refractivity contribution is 0.409. The van der Waals surface area contributed by atoms with Gasteiger partial charge in [-0.15, -0.1) is 0 Å². The van der Waals surface area contributed by atoms with Crippen LogP contribution in [0.15, 0.2) is 39.3 Å². The van der Waals surface area contributed by atoms with Gasteiger partial charge in [-0.3, -0.25) is 0 Å². The summed E-state index contributed by atoms with van der Waals surface area (Å²) in [5.74, 6) is 0.888. The number of fused-ring (bicyclic) bond motifs is 4. The van der Waals surface area contributed by atoms with Crippen LogP contribution < -0.4 is 4.74 Å². The van der Waals surface area contributed by atoms with E-state index >= 15 is 0 Å². The summed E-state index contributed by atoms with van der Waals surface area (Å²) in [6.45, 7) is 4.56. The molecule has 0 amide bonds. The van der Waals surface area contributed by atoms with Gasteiger partial charge in [-0.25, -0.2) is 0 Å². The monoisotopic (exact) mass is 433 g/mol.